The van der Waals surface area contributed by atoms with Crippen LogP contribution in [0.15, 0.2) is 23.1 Å². The summed E-state index contributed by atoms with van der Waals surface area (Å²) in [6.45, 7) is 5.92. The van der Waals surface area contributed by atoms with Gasteiger partial charge >= 0.3 is 0 Å². The van der Waals surface area contributed by atoms with Crippen LogP contribution in [0.5, 0.6) is 5.75 Å². The van der Waals surface area contributed by atoms with E-state index in [1.54, 1.807) is 18.2 Å². The molecule has 0 aromatic heterocycles. The summed E-state index contributed by atoms with van der Waals surface area (Å²) in [5.41, 5.74) is 0.804. The minimum absolute atomic E-state index is 0.0345. The fourth-order valence-electron chi connectivity index (χ4n) is 2.92. The third-order valence-electron chi connectivity index (χ3n) is 4.07. The van der Waals surface area contributed by atoms with Gasteiger partial charge in [0.25, 0.3) is 0 Å². The van der Waals surface area contributed by atoms with Crippen molar-refractivity contribution in [3.63, 3.8) is 0 Å². The molecule has 0 radical (unpaired) electrons. The lowest BCUT2D eigenvalue weighted by Gasteiger charge is -2.29. The number of hydrogen-bond donors (Lipinski definition) is 0. The molecular formula is C16H25NO5S2. The maximum Gasteiger partial charge on any atom is 0.247 e. The number of ether oxygens (including phenoxy) is 1. The van der Waals surface area contributed by atoms with Crippen LogP contribution in [-0.4, -0.2) is 52.3 Å². The van der Waals surface area contributed by atoms with E-state index in [-0.39, 0.29) is 34.6 Å². The van der Waals surface area contributed by atoms with E-state index in [1.807, 2.05) is 20.8 Å². The first-order valence-corrected chi connectivity index (χ1v) is 11.2. The van der Waals surface area contributed by atoms with E-state index in [0.717, 1.165) is 5.56 Å². The third-order valence-corrected chi connectivity index (χ3v) is 7.76. The summed E-state index contributed by atoms with van der Waals surface area (Å²) in [4.78, 5) is 0.0925. The molecule has 1 aliphatic heterocycles. The molecule has 1 fully saturated rings. The molecule has 0 bridgehead atoms. The maximum atomic E-state index is 13.2. The summed E-state index contributed by atoms with van der Waals surface area (Å²) in [5, 5.41) is 0. The Balaban J connectivity index is 2.50. The maximum absolute atomic E-state index is 13.2. The molecule has 0 amide bonds. The number of rotatable bonds is 6. The van der Waals surface area contributed by atoms with Crippen LogP contribution >= 0.6 is 0 Å². The van der Waals surface area contributed by atoms with Gasteiger partial charge in [0.15, 0.2) is 9.84 Å². The Labute approximate surface area is 144 Å². The van der Waals surface area contributed by atoms with Crippen molar-refractivity contribution in [1.82, 2.24) is 4.31 Å². The Morgan fingerprint density at radius 1 is 1.33 bits per heavy atom. The van der Waals surface area contributed by atoms with Crippen molar-refractivity contribution in [2.45, 2.75) is 38.1 Å². The lowest BCUT2D eigenvalue weighted by molar-refractivity contribution is 0.305. The molecule has 0 unspecified atom stereocenters. The van der Waals surface area contributed by atoms with Crippen molar-refractivity contribution >= 4 is 19.9 Å². The molecule has 8 heteroatoms. The van der Waals surface area contributed by atoms with Gasteiger partial charge in [-0.25, -0.2) is 16.8 Å². The average Bonchev–Trinajstić information content (AvgIpc) is 2.84. The van der Waals surface area contributed by atoms with Gasteiger partial charge in [-0.05, 0) is 37.0 Å². The Bertz CT molecular complexity index is 800. The summed E-state index contributed by atoms with van der Waals surface area (Å²) in [6.07, 6.45) is 0.336. The van der Waals surface area contributed by atoms with E-state index in [2.05, 4.69) is 0 Å². The second-order valence-electron chi connectivity index (χ2n) is 6.68. The highest BCUT2D eigenvalue weighted by Gasteiger charge is 2.40. The van der Waals surface area contributed by atoms with Gasteiger partial charge in [-0.2, -0.15) is 4.31 Å². The van der Waals surface area contributed by atoms with Crippen LogP contribution in [0.1, 0.15) is 25.8 Å². The van der Waals surface area contributed by atoms with Gasteiger partial charge in [-0.3, -0.25) is 0 Å². The Kier molecular flexibility index (Phi) is 5.61. The molecule has 1 aromatic rings. The van der Waals surface area contributed by atoms with Crippen LogP contribution in [0.3, 0.4) is 0 Å². The highest BCUT2D eigenvalue weighted by atomic mass is 32.2. The second-order valence-corrected chi connectivity index (χ2v) is 10.8. The number of nitrogens with zero attached hydrogens (tertiary/aromatic N) is 1. The normalized spacial score (nSPS) is 20.7. The van der Waals surface area contributed by atoms with E-state index >= 15 is 0 Å². The minimum atomic E-state index is -3.85. The molecule has 0 aliphatic carbocycles. The molecule has 6 nitrogen and oxygen atoms in total. The second kappa shape index (κ2) is 7.01. The predicted octanol–water partition coefficient (Wildman–Crippen LogP) is 1.84. The Morgan fingerprint density at radius 3 is 2.50 bits per heavy atom. The summed E-state index contributed by atoms with van der Waals surface area (Å²) in [5.74, 6) is 0.272. The number of sulfone groups is 1. The van der Waals surface area contributed by atoms with Crippen LogP contribution in [0.25, 0.3) is 0 Å². The lowest BCUT2D eigenvalue weighted by atomic mass is 10.2. The largest absolute Gasteiger partial charge is 0.495 e. The first kappa shape index (κ1) is 19.2. The molecule has 0 saturated carbocycles. The molecule has 136 valence electrons. The number of hydrogen-bond acceptors (Lipinski definition) is 5. The minimum Gasteiger partial charge on any atom is -0.495 e. The molecule has 1 saturated heterocycles. The van der Waals surface area contributed by atoms with Gasteiger partial charge in [-0.1, -0.05) is 19.9 Å². The summed E-state index contributed by atoms with van der Waals surface area (Å²) in [7, 11) is -5.60. The number of methoxy groups -OCH3 is 1. The zero-order chi connectivity index (χ0) is 18.1. The van der Waals surface area contributed by atoms with Crippen LogP contribution in [-0.2, 0) is 19.9 Å². The van der Waals surface area contributed by atoms with Crippen LogP contribution in [0, 0.1) is 12.8 Å². The fraction of sp³-hybridized carbons (Fsp3) is 0.625. The monoisotopic (exact) mass is 375 g/mol. The lowest BCUT2D eigenvalue weighted by Crippen LogP contribution is -2.43. The van der Waals surface area contributed by atoms with Gasteiger partial charge in [0.2, 0.25) is 10.0 Å². The first-order valence-electron chi connectivity index (χ1n) is 7.93. The van der Waals surface area contributed by atoms with Gasteiger partial charge in [0.1, 0.15) is 10.6 Å². The fourth-order valence-corrected chi connectivity index (χ4v) is 6.80. The number of benzene rings is 1. The number of sulfonamides is 1. The standard InChI is InChI=1S/C16H25NO5S2/c1-12(2)10-17(14-7-8-23(18,19)11-14)24(20,21)16-9-13(3)5-6-15(16)22-4/h5-6,9,12,14H,7-8,10-11H2,1-4H3/t14-/m1/s1. The zero-order valence-corrected chi connectivity index (χ0v) is 16.2. The van der Waals surface area contributed by atoms with Crippen molar-refractivity contribution in [3.8, 4) is 5.75 Å². The highest BCUT2D eigenvalue weighted by molar-refractivity contribution is 7.92. The van der Waals surface area contributed by atoms with Crippen LogP contribution in [0.2, 0.25) is 0 Å². The molecular weight excluding hydrogens is 350 g/mol. The molecule has 0 spiro atoms. The number of aryl methyl sites for hydroxylation is 1. The quantitative estimate of drug-likeness (QED) is 0.758. The van der Waals surface area contributed by atoms with E-state index < -0.39 is 25.9 Å². The topological polar surface area (TPSA) is 80.8 Å². The van der Waals surface area contributed by atoms with Crippen LogP contribution in [0.4, 0.5) is 0 Å². The van der Waals surface area contributed by atoms with E-state index in [1.165, 1.54) is 11.4 Å². The van der Waals surface area contributed by atoms with Crippen molar-refractivity contribution in [2.75, 3.05) is 25.2 Å². The van der Waals surface area contributed by atoms with Crippen molar-refractivity contribution < 1.29 is 21.6 Å². The Hall–Kier alpha value is -1.12. The van der Waals surface area contributed by atoms with E-state index in [9.17, 15) is 16.8 Å². The molecule has 1 atom stereocenters. The van der Waals surface area contributed by atoms with Crippen molar-refractivity contribution in [3.05, 3.63) is 23.8 Å². The van der Waals surface area contributed by atoms with E-state index in [0.29, 0.717) is 6.42 Å². The molecule has 1 heterocycles. The summed E-state index contributed by atoms with van der Waals surface area (Å²) >= 11 is 0. The van der Waals surface area contributed by atoms with E-state index in [4.69, 9.17) is 4.74 Å². The van der Waals surface area contributed by atoms with Crippen molar-refractivity contribution in [1.29, 1.82) is 0 Å². The third kappa shape index (κ3) is 4.10. The molecule has 24 heavy (non-hydrogen) atoms. The zero-order valence-electron chi connectivity index (χ0n) is 14.5. The smallest absolute Gasteiger partial charge is 0.247 e. The van der Waals surface area contributed by atoms with Crippen LogP contribution < -0.4 is 4.74 Å². The molecule has 2 rings (SSSR count). The molecule has 1 aromatic carbocycles. The first-order chi connectivity index (χ1) is 11.1. The SMILES string of the molecule is COc1ccc(C)cc1S(=O)(=O)N(CC(C)C)[C@@H]1CCS(=O)(=O)C1. The summed E-state index contributed by atoms with van der Waals surface area (Å²) in [6, 6.07) is 4.46. The summed E-state index contributed by atoms with van der Waals surface area (Å²) < 4.78 is 56.7. The molecule has 1 aliphatic rings. The highest BCUT2D eigenvalue weighted by Crippen LogP contribution is 2.31. The van der Waals surface area contributed by atoms with Gasteiger partial charge < -0.3 is 4.74 Å². The van der Waals surface area contributed by atoms with Gasteiger partial charge in [0, 0.05) is 12.6 Å². The van der Waals surface area contributed by atoms with Gasteiger partial charge in [0.05, 0.1) is 18.6 Å². The van der Waals surface area contributed by atoms with Crippen molar-refractivity contribution in [2.24, 2.45) is 5.92 Å². The predicted molar refractivity (Wildman–Crippen MR) is 93.5 cm³/mol. The van der Waals surface area contributed by atoms with Gasteiger partial charge in [-0.15, -0.1) is 0 Å². The molecule has 0 N–H and O–H groups in total. The Morgan fingerprint density at radius 2 is 2.00 bits per heavy atom. The average molecular weight is 376 g/mol.